The molecule has 0 amide bonds. The Morgan fingerprint density at radius 3 is 2.68 bits per heavy atom. The minimum atomic E-state index is -3.45. The fraction of sp³-hybridized carbons (Fsp3) is 0.263. The molecular weight excluding hydrogens is 400 g/mol. The Labute approximate surface area is 166 Å². The Hall–Kier alpha value is -2.42. The van der Waals surface area contributed by atoms with Crippen molar-refractivity contribution in [3.05, 3.63) is 53.3 Å². The molecule has 7 nitrogen and oxygen atoms in total. The van der Waals surface area contributed by atoms with Crippen molar-refractivity contribution in [2.45, 2.75) is 17.6 Å². The summed E-state index contributed by atoms with van der Waals surface area (Å²) in [7, 11) is -3.45. The molecule has 1 aliphatic rings. The number of nitrogens with zero attached hydrogens (tertiary/aromatic N) is 4. The average Bonchev–Trinajstić information content (AvgIpc) is 3.13. The zero-order chi connectivity index (χ0) is 19.5. The number of benzene rings is 2. The third kappa shape index (κ3) is 2.80. The molecule has 9 heteroatoms. The summed E-state index contributed by atoms with van der Waals surface area (Å²) in [6, 6.07) is 13.1. The number of para-hydroxylation sites is 1. The van der Waals surface area contributed by atoms with Gasteiger partial charge >= 0.3 is 0 Å². The fourth-order valence-corrected chi connectivity index (χ4v) is 4.62. The Morgan fingerprint density at radius 1 is 1.18 bits per heavy atom. The van der Waals surface area contributed by atoms with E-state index in [1.54, 1.807) is 10.7 Å². The van der Waals surface area contributed by atoms with Crippen molar-refractivity contribution in [2.75, 3.05) is 19.5 Å². The maximum absolute atomic E-state index is 12.2. The van der Waals surface area contributed by atoms with Gasteiger partial charge in [-0.05, 0) is 30.3 Å². The Kier molecular flexibility index (Phi) is 3.97. The first-order chi connectivity index (χ1) is 13.4. The number of hydrogen-bond acceptors (Lipinski definition) is 5. The van der Waals surface area contributed by atoms with Gasteiger partial charge in [0.15, 0.2) is 14.9 Å². The number of hydrogen-bond donors (Lipinski definition) is 0. The van der Waals surface area contributed by atoms with E-state index in [-0.39, 0.29) is 11.1 Å². The fourth-order valence-electron chi connectivity index (χ4n) is 3.64. The molecule has 28 heavy (non-hydrogen) atoms. The van der Waals surface area contributed by atoms with Crippen LogP contribution in [0.15, 0.2) is 47.5 Å². The van der Waals surface area contributed by atoms with E-state index in [4.69, 9.17) is 21.3 Å². The second-order valence-electron chi connectivity index (χ2n) is 6.97. The highest BCUT2D eigenvalue weighted by Crippen LogP contribution is 2.29. The first kappa shape index (κ1) is 17.7. The van der Waals surface area contributed by atoms with E-state index in [1.807, 2.05) is 36.4 Å². The number of sulfone groups is 1. The number of aromatic nitrogens is 4. The number of rotatable bonds is 4. The summed E-state index contributed by atoms with van der Waals surface area (Å²) in [5.74, 6) is 0.791. The summed E-state index contributed by atoms with van der Waals surface area (Å²) in [5, 5.41) is 5.73. The summed E-state index contributed by atoms with van der Waals surface area (Å²) in [6.45, 7) is 1.59. The van der Waals surface area contributed by atoms with Crippen molar-refractivity contribution in [1.82, 2.24) is 19.3 Å². The zero-order valence-electron chi connectivity index (χ0n) is 15.0. The van der Waals surface area contributed by atoms with Gasteiger partial charge in [0.2, 0.25) is 0 Å². The van der Waals surface area contributed by atoms with Crippen LogP contribution in [0, 0.1) is 0 Å². The molecule has 0 unspecified atom stereocenters. The van der Waals surface area contributed by atoms with Crippen molar-refractivity contribution >= 4 is 43.4 Å². The lowest BCUT2D eigenvalue weighted by Gasteiger charge is -2.29. The number of fused-ring (bicyclic) bond motifs is 2. The quantitative estimate of drug-likeness (QED) is 0.511. The molecular formula is C19H17ClN4O3S. The van der Waals surface area contributed by atoms with Gasteiger partial charge in [-0.15, -0.1) is 0 Å². The predicted octanol–water partition coefficient (Wildman–Crippen LogP) is 3.06. The molecule has 4 aromatic rings. The van der Waals surface area contributed by atoms with Gasteiger partial charge in [-0.2, -0.15) is 5.10 Å². The van der Waals surface area contributed by atoms with Crippen LogP contribution >= 0.6 is 11.6 Å². The molecule has 0 bridgehead atoms. The largest absolute Gasteiger partial charge is 0.377 e. The van der Waals surface area contributed by atoms with Gasteiger partial charge in [0.25, 0.3) is 0 Å². The highest BCUT2D eigenvalue weighted by Gasteiger charge is 2.27. The predicted molar refractivity (Wildman–Crippen MR) is 107 cm³/mol. The minimum absolute atomic E-state index is 0.0841. The molecule has 0 radical (unpaired) electrons. The van der Waals surface area contributed by atoms with Gasteiger partial charge < -0.3 is 9.30 Å². The molecule has 2 aromatic heterocycles. The molecule has 1 aliphatic heterocycles. The monoisotopic (exact) mass is 416 g/mol. The lowest BCUT2D eigenvalue weighted by atomic mass is 10.2. The number of halogens is 1. The molecule has 0 aliphatic carbocycles. The smallest absolute Gasteiger partial charge is 0.195 e. The SMILES string of the molecule is CS(=O)(=O)c1nn(Cc2nc3cc(Cl)ccc3n2C2COC2)c2ccccc12. The second kappa shape index (κ2) is 6.30. The second-order valence-corrected chi connectivity index (χ2v) is 9.34. The van der Waals surface area contributed by atoms with E-state index in [0.717, 1.165) is 22.4 Å². The van der Waals surface area contributed by atoms with E-state index in [0.29, 0.717) is 30.2 Å². The summed E-state index contributed by atoms with van der Waals surface area (Å²) in [5.41, 5.74) is 2.53. The van der Waals surface area contributed by atoms with Gasteiger partial charge in [-0.1, -0.05) is 23.7 Å². The van der Waals surface area contributed by atoms with Crippen molar-refractivity contribution in [2.24, 2.45) is 0 Å². The molecule has 0 saturated carbocycles. The number of imidazole rings is 1. The van der Waals surface area contributed by atoms with Gasteiger partial charge in [-0.3, -0.25) is 4.68 Å². The standard InChI is InChI=1S/C19H17ClN4O3S/c1-28(25,26)19-14-4-2-3-5-16(14)23(22-19)9-18-21-15-8-12(20)6-7-17(15)24(18)13-10-27-11-13/h2-8,13H,9-11H2,1H3. The van der Waals surface area contributed by atoms with Crippen molar-refractivity contribution in [1.29, 1.82) is 0 Å². The third-order valence-corrected chi connectivity index (χ3v) is 6.22. The topological polar surface area (TPSA) is 79.0 Å². The van der Waals surface area contributed by atoms with Crippen molar-refractivity contribution in [3.63, 3.8) is 0 Å². The van der Waals surface area contributed by atoms with E-state index in [2.05, 4.69) is 9.67 Å². The molecule has 144 valence electrons. The Morgan fingerprint density at radius 2 is 1.96 bits per heavy atom. The molecule has 0 spiro atoms. The Balaban J connectivity index is 1.69. The first-order valence-corrected chi connectivity index (χ1v) is 11.1. The van der Waals surface area contributed by atoms with Crippen LogP contribution in [0.3, 0.4) is 0 Å². The maximum Gasteiger partial charge on any atom is 0.195 e. The van der Waals surface area contributed by atoms with Crippen LogP contribution in [0.1, 0.15) is 11.9 Å². The van der Waals surface area contributed by atoms with E-state index in [1.165, 1.54) is 6.26 Å². The van der Waals surface area contributed by atoms with Crippen LogP contribution in [0.25, 0.3) is 21.9 Å². The van der Waals surface area contributed by atoms with Gasteiger partial charge in [0, 0.05) is 16.7 Å². The highest BCUT2D eigenvalue weighted by atomic mass is 35.5. The molecule has 3 heterocycles. The van der Waals surface area contributed by atoms with E-state index in [9.17, 15) is 8.42 Å². The zero-order valence-corrected chi connectivity index (χ0v) is 16.6. The minimum Gasteiger partial charge on any atom is -0.377 e. The number of ether oxygens (including phenoxy) is 1. The highest BCUT2D eigenvalue weighted by molar-refractivity contribution is 7.90. The van der Waals surface area contributed by atoms with Crippen LogP contribution in [-0.2, 0) is 21.1 Å². The van der Waals surface area contributed by atoms with Crippen LogP contribution in [0.5, 0.6) is 0 Å². The van der Waals surface area contributed by atoms with Crippen molar-refractivity contribution < 1.29 is 13.2 Å². The lowest BCUT2D eigenvalue weighted by Crippen LogP contribution is -2.32. The van der Waals surface area contributed by atoms with Crippen molar-refractivity contribution in [3.8, 4) is 0 Å². The van der Waals surface area contributed by atoms with Gasteiger partial charge in [0.1, 0.15) is 5.82 Å². The van der Waals surface area contributed by atoms with Gasteiger partial charge in [-0.25, -0.2) is 13.4 Å². The van der Waals surface area contributed by atoms with E-state index >= 15 is 0 Å². The summed E-state index contributed by atoms with van der Waals surface area (Å²) in [4.78, 5) is 4.76. The van der Waals surface area contributed by atoms with Crippen LogP contribution in [0.4, 0.5) is 0 Å². The summed E-state index contributed by atoms with van der Waals surface area (Å²) >= 11 is 6.14. The normalized spacial score (nSPS) is 15.4. The Bertz CT molecular complexity index is 1320. The average molecular weight is 417 g/mol. The third-order valence-electron chi connectivity index (χ3n) is 4.98. The molecule has 0 N–H and O–H groups in total. The van der Waals surface area contributed by atoms with Gasteiger partial charge in [0.05, 0.1) is 42.4 Å². The lowest BCUT2D eigenvalue weighted by molar-refractivity contribution is -0.0228. The molecule has 5 rings (SSSR count). The maximum atomic E-state index is 12.2. The summed E-state index contributed by atoms with van der Waals surface area (Å²) in [6.07, 6.45) is 1.18. The molecule has 2 aromatic carbocycles. The van der Waals surface area contributed by atoms with Crippen LogP contribution < -0.4 is 0 Å². The molecule has 0 atom stereocenters. The van der Waals surface area contributed by atoms with Crippen LogP contribution in [0.2, 0.25) is 5.02 Å². The molecule has 1 fully saturated rings. The first-order valence-electron chi connectivity index (χ1n) is 8.81. The van der Waals surface area contributed by atoms with E-state index < -0.39 is 9.84 Å². The summed E-state index contributed by atoms with van der Waals surface area (Å²) < 4.78 is 33.6. The van der Waals surface area contributed by atoms with Crippen LogP contribution in [-0.4, -0.2) is 47.2 Å². The molecule has 1 saturated heterocycles.